The first-order valence-electron chi connectivity index (χ1n) is 11.6. The summed E-state index contributed by atoms with van der Waals surface area (Å²) in [6.45, 7) is 5.33. The fourth-order valence-corrected chi connectivity index (χ4v) is 5.38. The Labute approximate surface area is 233 Å². The highest BCUT2D eigenvalue weighted by atomic mass is 35.5. The molecule has 2 aromatic carbocycles. The molecule has 2 amide bonds. The molecule has 0 spiro atoms. The van der Waals surface area contributed by atoms with Crippen molar-refractivity contribution in [3.63, 3.8) is 0 Å². The molecule has 0 saturated carbocycles. The highest BCUT2D eigenvalue weighted by Crippen LogP contribution is 2.31. The zero-order valence-corrected chi connectivity index (χ0v) is 24.5. The quantitative estimate of drug-likeness (QED) is 0.368. The van der Waals surface area contributed by atoms with Crippen LogP contribution in [0.4, 0.5) is 5.69 Å². The van der Waals surface area contributed by atoms with E-state index in [0.29, 0.717) is 27.0 Å². The Morgan fingerprint density at radius 2 is 1.65 bits per heavy atom. The fraction of sp³-hybridized carbons (Fsp3) is 0.440. The van der Waals surface area contributed by atoms with Crippen LogP contribution in [0.15, 0.2) is 36.4 Å². The number of hydrogen-bond acceptors (Lipinski definition) is 5. The summed E-state index contributed by atoms with van der Waals surface area (Å²) < 4.78 is 31.3. The Morgan fingerprint density at radius 1 is 1.03 bits per heavy atom. The first kappa shape index (κ1) is 31.0. The van der Waals surface area contributed by atoms with E-state index >= 15 is 0 Å². The SMILES string of the molecule is COc1ccc(N(CCCC(=O)N(Cc2c(Cl)cccc2Cl)[C@H](C)C(=O)NC(C)C)S(C)(=O)=O)cc1Cl. The predicted octanol–water partition coefficient (Wildman–Crippen LogP) is 5.14. The molecule has 37 heavy (non-hydrogen) atoms. The van der Waals surface area contributed by atoms with Crippen molar-refractivity contribution >= 4 is 62.3 Å². The van der Waals surface area contributed by atoms with Crippen LogP contribution in [0.2, 0.25) is 15.1 Å². The van der Waals surface area contributed by atoms with E-state index in [1.54, 1.807) is 37.3 Å². The molecule has 204 valence electrons. The first-order valence-corrected chi connectivity index (χ1v) is 14.6. The minimum Gasteiger partial charge on any atom is -0.495 e. The van der Waals surface area contributed by atoms with Gasteiger partial charge in [-0.05, 0) is 57.5 Å². The Balaban J connectivity index is 2.24. The van der Waals surface area contributed by atoms with E-state index in [2.05, 4.69) is 5.32 Å². The summed E-state index contributed by atoms with van der Waals surface area (Å²) in [5.41, 5.74) is 0.874. The van der Waals surface area contributed by atoms with Crippen LogP contribution in [-0.4, -0.2) is 57.1 Å². The Kier molecular flexibility index (Phi) is 11.4. The number of rotatable bonds is 12. The van der Waals surface area contributed by atoms with E-state index in [-0.39, 0.29) is 48.8 Å². The third-order valence-corrected chi connectivity index (χ3v) is 7.76. The minimum absolute atomic E-state index is 0.0166. The standard InChI is InChI=1S/C25H32Cl3N3O5S/c1-16(2)29-25(33)17(3)30(15-19-20(26)8-6-9-21(19)27)24(32)10-7-13-31(37(5,34)35)18-11-12-23(36-4)22(28)14-18/h6,8-9,11-12,14,16-17H,7,10,13,15H2,1-5H3,(H,29,33)/t17-/m1/s1. The monoisotopic (exact) mass is 591 g/mol. The van der Waals surface area contributed by atoms with Gasteiger partial charge in [0, 0.05) is 41.2 Å². The van der Waals surface area contributed by atoms with Crippen LogP contribution in [0.3, 0.4) is 0 Å². The molecule has 0 bridgehead atoms. The summed E-state index contributed by atoms with van der Waals surface area (Å²) in [6.07, 6.45) is 1.26. The number of nitrogens with one attached hydrogen (secondary N) is 1. The zero-order valence-electron chi connectivity index (χ0n) is 21.4. The van der Waals surface area contributed by atoms with Gasteiger partial charge in [-0.25, -0.2) is 8.42 Å². The van der Waals surface area contributed by atoms with Gasteiger partial charge >= 0.3 is 0 Å². The molecule has 0 saturated heterocycles. The number of amides is 2. The molecule has 0 aliphatic carbocycles. The van der Waals surface area contributed by atoms with Gasteiger partial charge in [-0.2, -0.15) is 0 Å². The normalized spacial score (nSPS) is 12.2. The summed E-state index contributed by atoms with van der Waals surface area (Å²) in [4.78, 5) is 27.5. The summed E-state index contributed by atoms with van der Waals surface area (Å²) in [7, 11) is -2.20. The van der Waals surface area contributed by atoms with E-state index in [0.717, 1.165) is 6.26 Å². The minimum atomic E-state index is -3.67. The van der Waals surface area contributed by atoms with Gasteiger partial charge in [0.05, 0.1) is 24.1 Å². The molecule has 0 aliphatic heterocycles. The van der Waals surface area contributed by atoms with E-state index in [1.807, 2.05) is 13.8 Å². The molecule has 8 nitrogen and oxygen atoms in total. The molecule has 0 radical (unpaired) electrons. The number of carbonyl (C=O) groups is 2. The molecule has 2 rings (SSSR count). The highest BCUT2D eigenvalue weighted by molar-refractivity contribution is 7.92. The number of methoxy groups -OCH3 is 1. The lowest BCUT2D eigenvalue weighted by Gasteiger charge is -2.30. The van der Waals surface area contributed by atoms with E-state index in [4.69, 9.17) is 39.5 Å². The molecular formula is C25H32Cl3N3O5S. The molecule has 0 fully saturated rings. The number of sulfonamides is 1. The maximum atomic E-state index is 13.4. The number of carbonyl (C=O) groups excluding carboxylic acids is 2. The van der Waals surface area contributed by atoms with Crippen LogP contribution in [0.1, 0.15) is 39.2 Å². The van der Waals surface area contributed by atoms with Gasteiger partial charge in [-0.1, -0.05) is 40.9 Å². The number of halogens is 3. The molecule has 12 heteroatoms. The number of nitrogens with zero attached hydrogens (tertiary/aromatic N) is 2. The van der Waals surface area contributed by atoms with Crippen molar-refractivity contribution < 1.29 is 22.7 Å². The van der Waals surface area contributed by atoms with Crippen molar-refractivity contribution in [3.8, 4) is 5.75 Å². The van der Waals surface area contributed by atoms with Crippen molar-refractivity contribution in [2.24, 2.45) is 0 Å². The average molecular weight is 593 g/mol. The second kappa shape index (κ2) is 13.6. The largest absolute Gasteiger partial charge is 0.495 e. The van der Waals surface area contributed by atoms with E-state index < -0.39 is 16.1 Å². The smallest absolute Gasteiger partial charge is 0.242 e. The summed E-state index contributed by atoms with van der Waals surface area (Å²) in [5, 5.41) is 3.83. The maximum Gasteiger partial charge on any atom is 0.242 e. The van der Waals surface area contributed by atoms with Crippen LogP contribution in [-0.2, 0) is 26.2 Å². The Bertz CT molecular complexity index is 1200. The van der Waals surface area contributed by atoms with Gasteiger partial charge in [0.2, 0.25) is 21.8 Å². The lowest BCUT2D eigenvalue weighted by Crippen LogP contribution is -2.49. The summed E-state index contributed by atoms with van der Waals surface area (Å²) in [5.74, 6) is -0.252. The Morgan fingerprint density at radius 3 is 2.16 bits per heavy atom. The molecule has 0 heterocycles. The van der Waals surface area contributed by atoms with Crippen LogP contribution in [0.25, 0.3) is 0 Å². The third-order valence-electron chi connectivity index (χ3n) is 5.56. The molecule has 0 aromatic heterocycles. The van der Waals surface area contributed by atoms with Gasteiger partial charge < -0.3 is 15.0 Å². The van der Waals surface area contributed by atoms with Crippen LogP contribution in [0.5, 0.6) is 5.75 Å². The lowest BCUT2D eigenvalue weighted by molar-refractivity contribution is -0.140. The lowest BCUT2D eigenvalue weighted by atomic mass is 10.1. The molecule has 2 aromatic rings. The second-order valence-corrected chi connectivity index (χ2v) is 11.9. The van der Waals surface area contributed by atoms with Crippen LogP contribution < -0.4 is 14.4 Å². The molecule has 1 N–H and O–H groups in total. The fourth-order valence-electron chi connectivity index (χ4n) is 3.66. The van der Waals surface area contributed by atoms with Crippen molar-refractivity contribution in [2.45, 2.75) is 52.2 Å². The van der Waals surface area contributed by atoms with Gasteiger partial charge in [0.1, 0.15) is 11.8 Å². The van der Waals surface area contributed by atoms with Gasteiger partial charge in [-0.3, -0.25) is 13.9 Å². The van der Waals surface area contributed by atoms with Crippen molar-refractivity contribution in [1.29, 1.82) is 0 Å². The van der Waals surface area contributed by atoms with Crippen LogP contribution in [0, 0.1) is 0 Å². The van der Waals surface area contributed by atoms with E-state index in [1.165, 1.54) is 22.4 Å². The summed E-state index contributed by atoms with van der Waals surface area (Å²) in [6, 6.07) is 8.74. The number of benzene rings is 2. The molecule has 0 unspecified atom stereocenters. The van der Waals surface area contributed by atoms with Gasteiger partial charge in [0.25, 0.3) is 0 Å². The number of hydrogen-bond donors (Lipinski definition) is 1. The number of ether oxygens (including phenoxy) is 1. The van der Waals surface area contributed by atoms with Gasteiger partial charge in [0.15, 0.2) is 0 Å². The average Bonchev–Trinajstić information content (AvgIpc) is 2.80. The molecular weight excluding hydrogens is 561 g/mol. The van der Waals surface area contributed by atoms with Crippen molar-refractivity contribution in [1.82, 2.24) is 10.2 Å². The van der Waals surface area contributed by atoms with Crippen molar-refractivity contribution in [2.75, 3.05) is 24.2 Å². The highest BCUT2D eigenvalue weighted by Gasteiger charge is 2.28. The molecule has 0 aliphatic rings. The topological polar surface area (TPSA) is 96.0 Å². The molecule has 1 atom stereocenters. The zero-order chi connectivity index (χ0) is 27.9. The summed E-state index contributed by atoms with van der Waals surface area (Å²) >= 11 is 18.8. The van der Waals surface area contributed by atoms with Gasteiger partial charge in [-0.15, -0.1) is 0 Å². The second-order valence-electron chi connectivity index (χ2n) is 8.82. The van der Waals surface area contributed by atoms with Crippen LogP contribution >= 0.6 is 34.8 Å². The third kappa shape index (κ3) is 8.67. The van der Waals surface area contributed by atoms with E-state index in [9.17, 15) is 18.0 Å². The number of anilines is 1. The maximum absolute atomic E-state index is 13.4. The first-order chi connectivity index (χ1) is 17.3. The van der Waals surface area contributed by atoms with Crippen molar-refractivity contribution in [3.05, 3.63) is 57.0 Å². The predicted molar refractivity (Wildman–Crippen MR) is 149 cm³/mol. The Hall–Kier alpha value is -2.20.